The van der Waals surface area contributed by atoms with Crippen LogP contribution in [0.4, 0.5) is 17.1 Å². The van der Waals surface area contributed by atoms with Gasteiger partial charge in [-0.3, -0.25) is 0 Å². The standard InChI is InChI=1S/C15H17ClN2/c1-10-4-6-14(11(2)8-10)18(3)15-7-5-12(17)9-13(15)16/h4-9H,17H2,1-3H3. The van der Waals surface area contributed by atoms with Gasteiger partial charge >= 0.3 is 0 Å². The number of aryl methyl sites for hydroxylation is 2. The number of nitrogens with two attached hydrogens (primary N) is 1. The molecule has 0 aliphatic carbocycles. The summed E-state index contributed by atoms with van der Waals surface area (Å²) in [5.41, 5.74) is 11.0. The third kappa shape index (κ3) is 2.44. The van der Waals surface area contributed by atoms with Crippen LogP contribution in [-0.4, -0.2) is 7.05 Å². The van der Waals surface area contributed by atoms with Crippen LogP contribution in [0.3, 0.4) is 0 Å². The van der Waals surface area contributed by atoms with Gasteiger partial charge in [-0.2, -0.15) is 0 Å². The molecule has 0 atom stereocenters. The second-order valence-corrected chi connectivity index (χ2v) is 4.97. The zero-order valence-corrected chi connectivity index (χ0v) is 11.6. The number of anilines is 3. The largest absolute Gasteiger partial charge is 0.399 e. The minimum absolute atomic E-state index is 0.664. The summed E-state index contributed by atoms with van der Waals surface area (Å²) in [7, 11) is 2.01. The molecule has 0 saturated carbocycles. The molecule has 2 aromatic carbocycles. The second kappa shape index (κ2) is 4.91. The average molecular weight is 261 g/mol. The van der Waals surface area contributed by atoms with E-state index in [1.54, 1.807) is 6.07 Å². The van der Waals surface area contributed by atoms with E-state index in [0.29, 0.717) is 10.7 Å². The lowest BCUT2D eigenvalue weighted by molar-refractivity contribution is 1.18. The number of hydrogen-bond acceptors (Lipinski definition) is 2. The van der Waals surface area contributed by atoms with Gasteiger partial charge in [-0.05, 0) is 43.7 Å². The molecule has 94 valence electrons. The molecule has 3 heteroatoms. The molecule has 0 spiro atoms. The van der Waals surface area contributed by atoms with E-state index < -0.39 is 0 Å². The minimum Gasteiger partial charge on any atom is -0.399 e. The van der Waals surface area contributed by atoms with Crippen LogP contribution < -0.4 is 10.6 Å². The third-order valence-corrected chi connectivity index (χ3v) is 3.35. The summed E-state index contributed by atoms with van der Waals surface area (Å²) in [6.07, 6.45) is 0. The molecule has 0 bridgehead atoms. The zero-order chi connectivity index (χ0) is 13.3. The van der Waals surface area contributed by atoms with Crippen molar-refractivity contribution >= 4 is 28.7 Å². The fraction of sp³-hybridized carbons (Fsp3) is 0.200. The highest BCUT2D eigenvalue weighted by Crippen LogP contribution is 2.33. The first-order valence-corrected chi connectivity index (χ1v) is 6.23. The van der Waals surface area contributed by atoms with E-state index in [2.05, 4.69) is 36.9 Å². The summed E-state index contributed by atoms with van der Waals surface area (Å²) in [6.45, 7) is 4.19. The fourth-order valence-corrected chi connectivity index (χ4v) is 2.42. The molecule has 0 heterocycles. The predicted octanol–water partition coefficient (Wildman–Crippen LogP) is 4.31. The number of nitrogens with zero attached hydrogens (tertiary/aromatic N) is 1. The van der Waals surface area contributed by atoms with Crippen molar-refractivity contribution in [3.05, 3.63) is 52.5 Å². The van der Waals surface area contributed by atoms with Gasteiger partial charge in [-0.15, -0.1) is 0 Å². The quantitative estimate of drug-likeness (QED) is 0.816. The van der Waals surface area contributed by atoms with E-state index in [1.807, 2.05) is 19.2 Å². The molecule has 18 heavy (non-hydrogen) atoms. The molecule has 0 aliphatic heterocycles. The molecule has 2 nitrogen and oxygen atoms in total. The fourth-order valence-electron chi connectivity index (χ4n) is 2.11. The average Bonchev–Trinajstić information content (AvgIpc) is 2.28. The Kier molecular flexibility index (Phi) is 3.48. The maximum absolute atomic E-state index is 6.24. The van der Waals surface area contributed by atoms with Gasteiger partial charge in [0.15, 0.2) is 0 Å². The molecule has 0 amide bonds. The highest BCUT2D eigenvalue weighted by Gasteiger charge is 2.10. The molecule has 0 unspecified atom stereocenters. The SMILES string of the molecule is Cc1ccc(N(C)c2ccc(N)cc2Cl)c(C)c1. The molecule has 2 N–H and O–H groups in total. The van der Waals surface area contributed by atoms with E-state index in [-0.39, 0.29) is 0 Å². The van der Waals surface area contributed by atoms with Crippen molar-refractivity contribution in [2.75, 3.05) is 17.7 Å². The van der Waals surface area contributed by atoms with Gasteiger partial charge in [0.1, 0.15) is 0 Å². The lowest BCUT2D eigenvalue weighted by Gasteiger charge is -2.23. The van der Waals surface area contributed by atoms with Crippen LogP contribution in [0.1, 0.15) is 11.1 Å². The predicted molar refractivity (Wildman–Crippen MR) is 79.8 cm³/mol. The number of benzene rings is 2. The summed E-state index contributed by atoms with van der Waals surface area (Å²) in [5.74, 6) is 0. The van der Waals surface area contributed by atoms with Crippen molar-refractivity contribution in [1.82, 2.24) is 0 Å². The number of rotatable bonds is 2. The zero-order valence-electron chi connectivity index (χ0n) is 10.9. The third-order valence-electron chi connectivity index (χ3n) is 3.05. The van der Waals surface area contributed by atoms with Crippen molar-refractivity contribution in [1.29, 1.82) is 0 Å². The summed E-state index contributed by atoms with van der Waals surface area (Å²) in [4.78, 5) is 2.08. The Balaban J connectivity index is 2.44. The maximum atomic E-state index is 6.24. The monoisotopic (exact) mass is 260 g/mol. The molecule has 0 fully saturated rings. The van der Waals surface area contributed by atoms with Gasteiger partial charge in [0.25, 0.3) is 0 Å². The number of nitrogen functional groups attached to an aromatic ring is 1. The van der Waals surface area contributed by atoms with Gasteiger partial charge in [-0.25, -0.2) is 0 Å². The Bertz CT molecular complexity index is 527. The first kappa shape index (κ1) is 12.8. The van der Waals surface area contributed by atoms with Gasteiger partial charge < -0.3 is 10.6 Å². The van der Waals surface area contributed by atoms with Crippen molar-refractivity contribution in [2.45, 2.75) is 13.8 Å². The minimum atomic E-state index is 0.664. The molecule has 0 radical (unpaired) electrons. The van der Waals surface area contributed by atoms with Gasteiger partial charge in [0.2, 0.25) is 0 Å². The number of halogens is 1. The van der Waals surface area contributed by atoms with Gasteiger partial charge in [0.05, 0.1) is 10.7 Å². The van der Waals surface area contributed by atoms with Gasteiger partial charge in [-0.1, -0.05) is 29.3 Å². The smallest absolute Gasteiger partial charge is 0.0663 e. The molecular weight excluding hydrogens is 244 g/mol. The van der Waals surface area contributed by atoms with E-state index in [0.717, 1.165) is 11.4 Å². The van der Waals surface area contributed by atoms with Crippen molar-refractivity contribution in [3.63, 3.8) is 0 Å². The Morgan fingerprint density at radius 2 is 1.67 bits per heavy atom. The van der Waals surface area contributed by atoms with Crippen molar-refractivity contribution in [3.8, 4) is 0 Å². The van der Waals surface area contributed by atoms with Crippen LogP contribution in [0.15, 0.2) is 36.4 Å². The topological polar surface area (TPSA) is 29.3 Å². The van der Waals surface area contributed by atoms with Crippen LogP contribution in [0, 0.1) is 13.8 Å². The lowest BCUT2D eigenvalue weighted by atomic mass is 10.1. The summed E-state index contributed by atoms with van der Waals surface area (Å²) >= 11 is 6.24. The van der Waals surface area contributed by atoms with E-state index >= 15 is 0 Å². The maximum Gasteiger partial charge on any atom is 0.0663 e. The van der Waals surface area contributed by atoms with Crippen LogP contribution >= 0.6 is 11.6 Å². The van der Waals surface area contributed by atoms with Gasteiger partial charge in [0, 0.05) is 18.4 Å². The summed E-state index contributed by atoms with van der Waals surface area (Å²) in [5, 5.41) is 0.664. The van der Waals surface area contributed by atoms with E-state index in [1.165, 1.54) is 11.1 Å². The Morgan fingerprint density at radius 1 is 1.00 bits per heavy atom. The summed E-state index contributed by atoms with van der Waals surface area (Å²) < 4.78 is 0. The molecule has 0 saturated heterocycles. The first-order chi connectivity index (χ1) is 8.49. The van der Waals surface area contributed by atoms with E-state index in [4.69, 9.17) is 17.3 Å². The first-order valence-electron chi connectivity index (χ1n) is 5.85. The molecule has 2 aromatic rings. The normalized spacial score (nSPS) is 10.4. The Labute approximate surface area is 113 Å². The molecule has 0 aliphatic rings. The molecular formula is C15H17ClN2. The van der Waals surface area contributed by atoms with Crippen LogP contribution in [0.5, 0.6) is 0 Å². The van der Waals surface area contributed by atoms with Crippen LogP contribution in [0.2, 0.25) is 5.02 Å². The summed E-state index contributed by atoms with van der Waals surface area (Å²) in [6, 6.07) is 12.0. The Hall–Kier alpha value is -1.67. The molecule has 0 aromatic heterocycles. The number of hydrogen-bond donors (Lipinski definition) is 1. The molecule has 2 rings (SSSR count). The van der Waals surface area contributed by atoms with E-state index in [9.17, 15) is 0 Å². The second-order valence-electron chi connectivity index (χ2n) is 4.56. The van der Waals surface area contributed by atoms with Crippen LogP contribution in [0.25, 0.3) is 0 Å². The van der Waals surface area contributed by atoms with Crippen molar-refractivity contribution in [2.24, 2.45) is 0 Å². The van der Waals surface area contributed by atoms with Crippen LogP contribution in [-0.2, 0) is 0 Å². The highest BCUT2D eigenvalue weighted by atomic mass is 35.5. The Morgan fingerprint density at radius 3 is 2.28 bits per heavy atom. The lowest BCUT2D eigenvalue weighted by Crippen LogP contribution is -2.11. The highest BCUT2D eigenvalue weighted by molar-refractivity contribution is 6.33. The van der Waals surface area contributed by atoms with Crippen molar-refractivity contribution < 1.29 is 0 Å².